The highest BCUT2D eigenvalue weighted by atomic mass is 32.1. The summed E-state index contributed by atoms with van der Waals surface area (Å²) in [5.74, 6) is 0.519. The van der Waals surface area contributed by atoms with Gasteiger partial charge in [0.2, 0.25) is 0 Å². The van der Waals surface area contributed by atoms with Gasteiger partial charge in [-0.3, -0.25) is 4.79 Å². The molecule has 9 aromatic carbocycles. The van der Waals surface area contributed by atoms with Crippen LogP contribution in [0.2, 0.25) is 0 Å². The van der Waals surface area contributed by atoms with Gasteiger partial charge in [0.1, 0.15) is 0 Å². The molecule has 0 amide bonds. The molecule has 5 aliphatic rings. The molecular weight excluding hydrogens is 833 g/mol. The summed E-state index contributed by atoms with van der Waals surface area (Å²) in [6, 6.07) is 75.6. The van der Waals surface area contributed by atoms with Crippen molar-refractivity contribution in [1.82, 2.24) is 0 Å². The Morgan fingerprint density at radius 2 is 0.821 bits per heavy atom. The minimum atomic E-state index is -0.483. The molecule has 3 heterocycles. The Balaban J connectivity index is 0.905. The number of benzene rings is 9. The summed E-state index contributed by atoms with van der Waals surface area (Å²) in [6.45, 7) is 0. The van der Waals surface area contributed by atoms with Gasteiger partial charge in [-0.05, 0) is 116 Å². The zero-order valence-electron chi connectivity index (χ0n) is 36.3. The van der Waals surface area contributed by atoms with Crippen molar-refractivity contribution in [2.75, 3.05) is 9.80 Å². The maximum Gasteiger partial charge on any atom is 0.195 e. The fourth-order valence-electron chi connectivity index (χ4n) is 13.3. The smallest absolute Gasteiger partial charge is 0.195 e. The zero-order chi connectivity index (χ0) is 44.0. The minimum Gasteiger partial charge on any atom is -0.310 e. The van der Waals surface area contributed by atoms with Gasteiger partial charge in [-0.1, -0.05) is 170 Å². The molecule has 67 heavy (non-hydrogen) atoms. The van der Waals surface area contributed by atoms with E-state index in [9.17, 15) is 4.79 Å². The van der Waals surface area contributed by atoms with Gasteiger partial charge in [-0.25, -0.2) is 0 Å². The molecule has 0 saturated carbocycles. The van der Waals surface area contributed by atoms with Crippen LogP contribution in [0.5, 0.6) is 0 Å². The fourth-order valence-corrected chi connectivity index (χ4v) is 14.4. The first-order valence-electron chi connectivity index (χ1n) is 23.3. The Hall–Kier alpha value is -8.05. The lowest BCUT2D eigenvalue weighted by Crippen LogP contribution is -2.40. The van der Waals surface area contributed by atoms with Crippen LogP contribution in [0.1, 0.15) is 50.4 Å². The van der Waals surface area contributed by atoms with Gasteiger partial charge in [-0.15, -0.1) is 11.3 Å². The molecule has 4 heteroatoms. The first-order valence-corrected chi connectivity index (χ1v) is 24.1. The molecule has 314 valence electrons. The monoisotopic (exact) mass is 872 g/mol. The van der Waals surface area contributed by atoms with Crippen molar-refractivity contribution in [3.63, 3.8) is 0 Å². The quantitative estimate of drug-likeness (QED) is 0.162. The number of rotatable bonds is 2. The Morgan fingerprint density at radius 3 is 1.36 bits per heavy atom. The van der Waals surface area contributed by atoms with Crippen LogP contribution in [0.4, 0.5) is 34.1 Å². The molecule has 0 bridgehead atoms. The molecule has 15 rings (SSSR count). The predicted octanol–water partition coefficient (Wildman–Crippen LogP) is 15.5. The number of para-hydroxylation sites is 4. The number of fused-ring (bicyclic) bond motifs is 20. The lowest BCUT2D eigenvalue weighted by atomic mass is 9.61. The highest BCUT2D eigenvalue weighted by Crippen LogP contribution is 2.66. The summed E-state index contributed by atoms with van der Waals surface area (Å²) in [6.07, 6.45) is 9.28. The van der Waals surface area contributed by atoms with E-state index in [1.54, 1.807) is 11.3 Å². The van der Waals surface area contributed by atoms with Crippen molar-refractivity contribution in [1.29, 1.82) is 0 Å². The van der Waals surface area contributed by atoms with Gasteiger partial charge in [0.25, 0.3) is 0 Å². The maximum absolute atomic E-state index is 14.6. The van der Waals surface area contributed by atoms with Crippen molar-refractivity contribution < 1.29 is 0 Å². The van der Waals surface area contributed by atoms with Gasteiger partial charge >= 0.3 is 0 Å². The molecule has 3 aliphatic carbocycles. The first-order chi connectivity index (χ1) is 33.2. The first kappa shape index (κ1) is 37.2. The lowest BCUT2D eigenvalue weighted by molar-refractivity contribution is 0.454. The Kier molecular flexibility index (Phi) is 7.50. The summed E-state index contributed by atoms with van der Waals surface area (Å²) < 4.78 is 1.93. The van der Waals surface area contributed by atoms with Gasteiger partial charge in [0, 0.05) is 43.4 Å². The second kappa shape index (κ2) is 13.5. The van der Waals surface area contributed by atoms with Gasteiger partial charge in [-0.2, -0.15) is 0 Å². The van der Waals surface area contributed by atoms with Crippen LogP contribution in [-0.2, 0) is 10.8 Å². The molecule has 0 N–H and O–H groups in total. The molecule has 2 atom stereocenters. The van der Waals surface area contributed by atoms with Gasteiger partial charge in [0.15, 0.2) is 5.43 Å². The second-order valence-corrected chi connectivity index (χ2v) is 19.7. The number of hydrogen-bond donors (Lipinski definition) is 0. The van der Waals surface area contributed by atoms with E-state index in [4.69, 9.17) is 0 Å². The third-order valence-electron chi connectivity index (χ3n) is 15.7. The largest absolute Gasteiger partial charge is 0.310 e. The zero-order valence-corrected chi connectivity index (χ0v) is 37.1. The SMILES string of the molecule is O=c1c2ccc(N3c4ccccc4C4(c5ccccc5-c5ccccc54)c4ccccc43)cc2sc2cc(N3c4ccccc4C4(c5ccccc5C5C=CC=CC54)c4ccccc43)ccc12. The highest BCUT2D eigenvalue weighted by Gasteiger charge is 2.57. The predicted molar refractivity (Wildman–Crippen MR) is 277 cm³/mol. The minimum absolute atomic E-state index is 0.0589. The van der Waals surface area contributed by atoms with E-state index in [0.717, 1.165) is 42.9 Å². The van der Waals surface area contributed by atoms with E-state index in [0.29, 0.717) is 0 Å². The standard InChI is InChI=1S/C63H40N2OS/c66-61-45-35-33-39(64-55-29-13-9-25-51(55)62(52-26-10-14-30-56(52)64)47-21-5-1-17-41(47)42-18-2-6-22-48(42)62)37-59(45)67-60-38-40(34-36-46(60)61)65-57-31-15-11-27-53(57)63(54-28-12-16-32-58(54)65)49-23-7-3-19-43(49)44-20-4-8-24-50(44)63/h1-38,41,47H. The lowest BCUT2D eigenvalue weighted by Gasteiger charge is -2.47. The summed E-state index contributed by atoms with van der Waals surface area (Å²) in [4.78, 5) is 19.5. The normalized spacial score (nSPS) is 18.0. The second-order valence-electron chi connectivity index (χ2n) is 18.6. The van der Waals surface area contributed by atoms with E-state index in [1.807, 2.05) is 6.07 Å². The highest BCUT2D eigenvalue weighted by molar-refractivity contribution is 7.24. The number of nitrogens with zero attached hydrogens (tertiary/aromatic N) is 2. The Bertz CT molecular complexity index is 3770. The molecule has 1 aromatic heterocycles. The van der Waals surface area contributed by atoms with Crippen LogP contribution < -0.4 is 15.2 Å². The Morgan fingerprint density at radius 1 is 0.403 bits per heavy atom. The number of hydrogen-bond acceptors (Lipinski definition) is 4. The molecule has 3 nitrogen and oxygen atoms in total. The molecule has 0 fully saturated rings. The van der Waals surface area contributed by atoms with Crippen molar-refractivity contribution in [3.05, 3.63) is 285 Å². The number of anilines is 6. The molecule has 0 radical (unpaired) electrons. The molecule has 2 unspecified atom stereocenters. The number of allylic oxidation sites excluding steroid dienone is 4. The maximum atomic E-state index is 14.6. The van der Waals surface area contributed by atoms with Crippen LogP contribution in [0.3, 0.4) is 0 Å². The Labute approximate surface area is 392 Å². The summed E-state index contributed by atoms with van der Waals surface area (Å²) in [7, 11) is 0. The van der Waals surface area contributed by atoms with Crippen molar-refractivity contribution >= 4 is 65.6 Å². The van der Waals surface area contributed by atoms with E-state index < -0.39 is 5.41 Å². The van der Waals surface area contributed by atoms with Crippen LogP contribution in [-0.4, -0.2) is 0 Å². The molecule has 2 spiro atoms. The third-order valence-corrected chi connectivity index (χ3v) is 16.8. The average Bonchev–Trinajstić information content (AvgIpc) is 3.85. The van der Waals surface area contributed by atoms with E-state index >= 15 is 0 Å². The topological polar surface area (TPSA) is 23.6 Å². The van der Waals surface area contributed by atoms with Gasteiger partial charge in [0.05, 0.1) is 33.6 Å². The van der Waals surface area contributed by atoms with Crippen molar-refractivity contribution in [2.24, 2.45) is 5.92 Å². The van der Waals surface area contributed by atoms with E-state index in [1.165, 1.54) is 67.0 Å². The molecule has 10 aromatic rings. The molecule has 0 saturated heterocycles. The van der Waals surface area contributed by atoms with Crippen LogP contribution >= 0.6 is 11.3 Å². The van der Waals surface area contributed by atoms with Crippen LogP contribution in [0.25, 0.3) is 31.3 Å². The average molecular weight is 873 g/mol. The van der Waals surface area contributed by atoms with Crippen molar-refractivity contribution in [2.45, 2.75) is 16.7 Å². The summed E-state index contributed by atoms with van der Waals surface area (Å²) in [5, 5.41) is 1.48. The fraction of sp³-hybridized carbons (Fsp3) is 0.0635. The molecular formula is C63H40N2OS. The van der Waals surface area contributed by atoms with Crippen molar-refractivity contribution in [3.8, 4) is 11.1 Å². The van der Waals surface area contributed by atoms with E-state index in [2.05, 4.69) is 234 Å². The van der Waals surface area contributed by atoms with Crippen LogP contribution in [0.15, 0.2) is 235 Å². The molecule has 2 aliphatic heterocycles. The van der Waals surface area contributed by atoms with E-state index in [-0.39, 0.29) is 22.7 Å². The third kappa shape index (κ3) is 4.63. The summed E-state index contributed by atoms with van der Waals surface area (Å²) in [5.41, 5.74) is 19.0. The van der Waals surface area contributed by atoms with Crippen LogP contribution in [0, 0.1) is 5.92 Å². The summed E-state index contributed by atoms with van der Waals surface area (Å²) >= 11 is 1.70. The van der Waals surface area contributed by atoms with Gasteiger partial charge < -0.3 is 9.80 Å².